The SMILES string of the molecule is Cc1nc2c([C@H](C)c3ccc(C(F)(F)F)cc3)nn(CCO)c2c(=O)[nH]1. The van der Waals surface area contributed by atoms with E-state index in [-0.39, 0.29) is 30.1 Å². The first-order chi connectivity index (χ1) is 12.2. The number of hydrogen-bond acceptors (Lipinski definition) is 4. The first-order valence-electron chi connectivity index (χ1n) is 7.97. The zero-order chi connectivity index (χ0) is 19.1. The largest absolute Gasteiger partial charge is 0.416 e. The lowest BCUT2D eigenvalue weighted by Crippen LogP contribution is -2.15. The molecule has 0 bridgehead atoms. The Morgan fingerprint density at radius 3 is 2.50 bits per heavy atom. The van der Waals surface area contributed by atoms with Gasteiger partial charge >= 0.3 is 6.18 Å². The summed E-state index contributed by atoms with van der Waals surface area (Å²) >= 11 is 0. The topological polar surface area (TPSA) is 83.8 Å². The van der Waals surface area contributed by atoms with Crippen molar-refractivity contribution in [2.45, 2.75) is 32.5 Å². The molecule has 0 aliphatic rings. The van der Waals surface area contributed by atoms with Crippen LogP contribution in [0.25, 0.3) is 11.0 Å². The van der Waals surface area contributed by atoms with Crippen molar-refractivity contribution < 1.29 is 18.3 Å². The predicted molar refractivity (Wildman–Crippen MR) is 88.9 cm³/mol. The van der Waals surface area contributed by atoms with Crippen molar-refractivity contribution in [2.24, 2.45) is 0 Å². The van der Waals surface area contributed by atoms with E-state index in [1.54, 1.807) is 13.8 Å². The summed E-state index contributed by atoms with van der Waals surface area (Å²) in [7, 11) is 0. The van der Waals surface area contributed by atoms with E-state index in [4.69, 9.17) is 0 Å². The Morgan fingerprint density at radius 2 is 1.92 bits per heavy atom. The van der Waals surface area contributed by atoms with Gasteiger partial charge in [0.15, 0.2) is 5.52 Å². The highest BCUT2D eigenvalue weighted by Gasteiger charge is 2.30. The zero-order valence-corrected chi connectivity index (χ0v) is 14.1. The summed E-state index contributed by atoms with van der Waals surface area (Å²) in [5.41, 5.74) is 0.607. The van der Waals surface area contributed by atoms with Gasteiger partial charge in [-0.3, -0.25) is 9.48 Å². The highest BCUT2D eigenvalue weighted by atomic mass is 19.4. The van der Waals surface area contributed by atoms with Crippen molar-refractivity contribution in [3.05, 3.63) is 57.3 Å². The summed E-state index contributed by atoms with van der Waals surface area (Å²) in [4.78, 5) is 19.2. The Kier molecular flexibility index (Phi) is 4.57. The molecule has 6 nitrogen and oxygen atoms in total. The summed E-state index contributed by atoms with van der Waals surface area (Å²) in [5.74, 6) is 0.0281. The molecule has 0 radical (unpaired) electrons. The third-order valence-corrected chi connectivity index (χ3v) is 4.20. The molecule has 138 valence electrons. The van der Waals surface area contributed by atoms with E-state index in [1.807, 2.05) is 0 Å². The Balaban J connectivity index is 2.11. The van der Waals surface area contributed by atoms with Gasteiger partial charge in [-0.25, -0.2) is 4.98 Å². The molecular weight excluding hydrogens is 349 g/mol. The van der Waals surface area contributed by atoms with E-state index in [9.17, 15) is 23.1 Å². The average Bonchev–Trinajstić information content (AvgIpc) is 2.92. The first kappa shape index (κ1) is 18.1. The molecule has 2 N–H and O–H groups in total. The molecule has 0 unspecified atom stereocenters. The van der Waals surface area contributed by atoms with E-state index in [2.05, 4.69) is 15.1 Å². The van der Waals surface area contributed by atoms with Gasteiger partial charge in [0, 0.05) is 5.92 Å². The van der Waals surface area contributed by atoms with Crippen molar-refractivity contribution in [3.63, 3.8) is 0 Å². The van der Waals surface area contributed by atoms with Crippen LogP contribution in [0, 0.1) is 6.92 Å². The van der Waals surface area contributed by atoms with E-state index in [0.29, 0.717) is 22.6 Å². The highest BCUT2D eigenvalue weighted by Crippen LogP contribution is 2.32. The second-order valence-electron chi connectivity index (χ2n) is 6.02. The number of aliphatic hydroxyl groups is 1. The maximum absolute atomic E-state index is 12.7. The summed E-state index contributed by atoms with van der Waals surface area (Å²) in [6.45, 7) is 3.32. The summed E-state index contributed by atoms with van der Waals surface area (Å²) in [5, 5.41) is 13.6. The van der Waals surface area contributed by atoms with Gasteiger partial charge in [0.1, 0.15) is 11.3 Å². The first-order valence-corrected chi connectivity index (χ1v) is 7.97. The van der Waals surface area contributed by atoms with Crippen molar-refractivity contribution in [3.8, 4) is 0 Å². The van der Waals surface area contributed by atoms with Gasteiger partial charge < -0.3 is 10.1 Å². The number of aromatic nitrogens is 4. The fourth-order valence-corrected chi connectivity index (χ4v) is 2.89. The molecule has 3 aromatic rings. The second kappa shape index (κ2) is 6.56. The third-order valence-electron chi connectivity index (χ3n) is 4.20. The van der Waals surface area contributed by atoms with Crippen LogP contribution < -0.4 is 5.56 Å². The van der Waals surface area contributed by atoms with Crippen LogP contribution in [0.15, 0.2) is 29.1 Å². The fourth-order valence-electron chi connectivity index (χ4n) is 2.89. The van der Waals surface area contributed by atoms with E-state index in [0.717, 1.165) is 12.1 Å². The van der Waals surface area contributed by atoms with Crippen LogP contribution in [0.2, 0.25) is 0 Å². The smallest absolute Gasteiger partial charge is 0.394 e. The van der Waals surface area contributed by atoms with Crippen LogP contribution in [-0.4, -0.2) is 31.5 Å². The molecule has 0 amide bonds. The van der Waals surface area contributed by atoms with Crippen molar-refractivity contribution in [1.82, 2.24) is 19.7 Å². The molecule has 0 saturated heterocycles. The van der Waals surface area contributed by atoms with E-state index < -0.39 is 11.7 Å². The van der Waals surface area contributed by atoms with Crippen molar-refractivity contribution >= 4 is 11.0 Å². The molecule has 0 fully saturated rings. The monoisotopic (exact) mass is 366 g/mol. The molecule has 26 heavy (non-hydrogen) atoms. The number of fused-ring (bicyclic) bond motifs is 1. The lowest BCUT2D eigenvalue weighted by atomic mass is 9.96. The molecular formula is C17H17F3N4O2. The molecule has 0 aliphatic carbocycles. The van der Waals surface area contributed by atoms with E-state index in [1.165, 1.54) is 16.8 Å². The van der Waals surface area contributed by atoms with Crippen LogP contribution >= 0.6 is 0 Å². The number of alkyl halides is 3. The molecule has 1 atom stereocenters. The van der Waals surface area contributed by atoms with Crippen LogP contribution in [0.1, 0.15) is 35.5 Å². The van der Waals surface area contributed by atoms with E-state index >= 15 is 0 Å². The molecule has 2 heterocycles. The molecule has 0 saturated carbocycles. The third kappa shape index (κ3) is 3.22. The van der Waals surface area contributed by atoms with Crippen LogP contribution in [0.5, 0.6) is 0 Å². The lowest BCUT2D eigenvalue weighted by Gasteiger charge is -2.12. The Labute approximate surface area is 146 Å². The second-order valence-corrected chi connectivity index (χ2v) is 6.02. The van der Waals surface area contributed by atoms with Gasteiger partial charge in [0.25, 0.3) is 5.56 Å². The van der Waals surface area contributed by atoms with Crippen LogP contribution in [0.4, 0.5) is 13.2 Å². The van der Waals surface area contributed by atoms with Crippen molar-refractivity contribution in [2.75, 3.05) is 6.61 Å². The maximum atomic E-state index is 12.7. The standard InChI is InChI=1S/C17H17F3N4O2/c1-9(11-3-5-12(6-4-11)17(18,19)20)13-14-15(24(23-13)7-8-25)16(26)22-10(2)21-14/h3-6,9,25H,7-8H2,1-2H3,(H,21,22,26)/t9-/m1/s1. The number of hydrogen-bond donors (Lipinski definition) is 2. The van der Waals surface area contributed by atoms with Gasteiger partial charge in [0.2, 0.25) is 0 Å². The Bertz CT molecular complexity index is 990. The molecule has 2 aromatic heterocycles. The van der Waals surface area contributed by atoms with Gasteiger partial charge in [-0.2, -0.15) is 18.3 Å². The van der Waals surface area contributed by atoms with Crippen molar-refractivity contribution in [1.29, 1.82) is 0 Å². The van der Waals surface area contributed by atoms with Crippen LogP contribution in [0.3, 0.4) is 0 Å². The lowest BCUT2D eigenvalue weighted by molar-refractivity contribution is -0.137. The average molecular weight is 366 g/mol. The minimum absolute atomic E-state index is 0.115. The van der Waals surface area contributed by atoms with Gasteiger partial charge in [0.05, 0.1) is 24.4 Å². The summed E-state index contributed by atoms with van der Waals surface area (Å²) in [6, 6.07) is 4.82. The number of aryl methyl sites for hydroxylation is 1. The van der Waals surface area contributed by atoms with Gasteiger partial charge in [-0.05, 0) is 24.6 Å². The number of aromatic amines is 1. The quantitative estimate of drug-likeness (QED) is 0.743. The maximum Gasteiger partial charge on any atom is 0.416 e. The minimum atomic E-state index is -4.40. The number of nitrogens with one attached hydrogen (secondary N) is 1. The van der Waals surface area contributed by atoms with Crippen LogP contribution in [-0.2, 0) is 12.7 Å². The fraction of sp³-hybridized carbons (Fsp3) is 0.353. The number of benzene rings is 1. The number of nitrogens with zero attached hydrogens (tertiary/aromatic N) is 3. The number of halogens is 3. The van der Waals surface area contributed by atoms with Gasteiger partial charge in [-0.1, -0.05) is 19.1 Å². The minimum Gasteiger partial charge on any atom is -0.394 e. The zero-order valence-electron chi connectivity index (χ0n) is 14.1. The van der Waals surface area contributed by atoms with Gasteiger partial charge in [-0.15, -0.1) is 0 Å². The predicted octanol–water partition coefficient (Wildman–Crippen LogP) is 2.59. The Hall–Kier alpha value is -2.68. The molecule has 0 spiro atoms. The number of aliphatic hydroxyl groups excluding tert-OH is 1. The summed E-state index contributed by atoms with van der Waals surface area (Å²) < 4.78 is 39.6. The normalized spacial score (nSPS) is 13.3. The Morgan fingerprint density at radius 1 is 1.27 bits per heavy atom. The molecule has 9 heteroatoms. The summed E-state index contributed by atoms with van der Waals surface area (Å²) in [6.07, 6.45) is -4.40. The number of rotatable bonds is 4. The molecule has 3 rings (SSSR count). The molecule has 1 aromatic carbocycles. The number of H-pyrrole nitrogens is 1. The molecule has 0 aliphatic heterocycles. The highest BCUT2D eigenvalue weighted by molar-refractivity contribution is 5.77.